The van der Waals surface area contributed by atoms with E-state index in [1.807, 2.05) is 6.20 Å². The lowest BCUT2D eigenvalue weighted by atomic mass is 10.1. The Hall–Kier alpha value is -3.92. The molecule has 0 aliphatic carbocycles. The van der Waals surface area contributed by atoms with E-state index in [1.165, 1.54) is 10.6 Å². The minimum atomic E-state index is -4.57. The summed E-state index contributed by atoms with van der Waals surface area (Å²) >= 11 is 5.64. The maximum atomic E-state index is 13.0. The highest BCUT2D eigenvalue weighted by molar-refractivity contribution is 6.31. The maximum absolute atomic E-state index is 13.0. The lowest BCUT2D eigenvalue weighted by Crippen LogP contribution is -2.25. The van der Waals surface area contributed by atoms with Crippen LogP contribution in [0.25, 0.3) is 0 Å². The SMILES string of the molecule is C=[N+]1C=C(Cn2ccc(OCCc3ccc(Oc4ccc(Cl)c(C(F)(F)F)c4)cc3)nc2=O)C=NC1. The normalized spacial score (nSPS) is 13.4. The summed E-state index contributed by atoms with van der Waals surface area (Å²) in [7, 11) is 0. The van der Waals surface area contributed by atoms with Gasteiger partial charge >= 0.3 is 11.9 Å². The largest absolute Gasteiger partial charge is 0.477 e. The first-order valence-electron chi connectivity index (χ1n) is 10.8. The van der Waals surface area contributed by atoms with Crippen LogP contribution in [-0.2, 0) is 19.1 Å². The molecule has 2 aromatic carbocycles. The molecule has 11 heteroatoms. The van der Waals surface area contributed by atoms with Gasteiger partial charge in [0.15, 0.2) is 6.20 Å². The lowest BCUT2D eigenvalue weighted by molar-refractivity contribution is -0.447. The molecular weight excluding hydrogens is 497 g/mol. The van der Waals surface area contributed by atoms with E-state index < -0.39 is 22.5 Å². The molecule has 0 radical (unpaired) electrons. The lowest BCUT2D eigenvalue weighted by Gasteiger charge is -2.12. The fourth-order valence-electron chi connectivity index (χ4n) is 3.38. The third-order valence-electron chi connectivity index (χ3n) is 5.11. The van der Waals surface area contributed by atoms with Crippen LogP contribution in [0.4, 0.5) is 13.2 Å². The summed E-state index contributed by atoms with van der Waals surface area (Å²) in [6.45, 7) is 4.87. The van der Waals surface area contributed by atoms with Crippen molar-refractivity contribution in [1.82, 2.24) is 9.55 Å². The highest BCUT2D eigenvalue weighted by Crippen LogP contribution is 2.37. The zero-order valence-electron chi connectivity index (χ0n) is 18.9. The van der Waals surface area contributed by atoms with E-state index in [2.05, 4.69) is 16.7 Å². The molecule has 0 atom stereocenters. The number of rotatable bonds is 8. The Balaban J connectivity index is 1.30. The average molecular weight is 518 g/mol. The summed E-state index contributed by atoms with van der Waals surface area (Å²) in [5, 5.41) is -0.390. The van der Waals surface area contributed by atoms with Crippen LogP contribution in [0, 0.1) is 0 Å². The van der Waals surface area contributed by atoms with Crippen LogP contribution in [0.3, 0.4) is 0 Å². The zero-order chi connectivity index (χ0) is 25.7. The summed E-state index contributed by atoms with van der Waals surface area (Å²) in [6.07, 6.45) is 1.07. The Morgan fingerprint density at radius 3 is 2.56 bits per heavy atom. The smallest absolute Gasteiger partial charge is 0.417 e. The van der Waals surface area contributed by atoms with Crippen molar-refractivity contribution in [2.75, 3.05) is 13.3 Å². The Kier molecular flexibility index (Phi) is 7.54. The second-order valence-electron chi connectivity index (χ2n) is 7.91. The van der Waals surface area contributed by atoms with Gasteiger partial charge in [0.1, 0.15) is 18.2 Å². The molecule has 1 aliphatic rings. The molecule has 0 fully saturated rings. The van der Waals surface area contributed by atoms with Gasteiger partial charge in [0.25, 0.3) is 0 Å². The molecule has 0 amide bonds. The fourth-order valence-corrected chi connectivity index (χ4v) is 3.61. The molecule has 36 heavy (non-hydrogen) atoms. The van der Waals surface area contributed by atoms with Gasteiger partial charge in [-0.05, 0) is 35.9 Å². The quantitative estimate of drug-likeness (QED) is 0.396. The Morgan fingerprint density at radius 1 is 1.11 bits per heavy atom. The van der Waals surface area contributed by atoms with E-state index in [4.69, 9.17) is 21.1 Å². The second-order valence-corrected chi connectivity index (χ2v) is 8.31. The minimum Gasteiger partial charge on any atom is -0.477 e. The first kappa shape index (κ1) is 25.2. The number of ether oxygens (including phenoxy) is 2. The monoisotopic (exact) mass is 517 g/mol. The molecule has 0 saturated heterocycles. The summed E-state index contributed by atoms with van der Waals surface area (Å²) < 4.78 is 53.3. The standard InChI is InChI=1S/C25H21ClF3N4O3/c1-32-14-18(13-30-16-32)15-33-10-8-23(31-24(33)34)35-11-9-17-2-4-19(5-3-17)36-20-6-7-22(26)21(12-20)25(27,28)29/h2-8,10,12-14H,1,9,11,15-16H2/q+1. The predicted molar refractivity (Wildman–Crippen MR) is 129 cm³/mol. The molecular formula is C25H21ClF3N4O3+. The zero-order valence-corrected chi connectivity index (χ0v) is 19.7. The van der Waals surface area contributed by atoms with Gasteiger partial charge in [-0.2, -0.15) is 22.7 Å². The highest BCUT2D eigenvalue weighted by atomic mass is 35.5. The first-order valence-corrected chi connectivity index (χ1v) is 11.2. The number of hydrogen-bond donors (Lipinski definition) is 0. The van der Waals surface area contributed by atoms with E-state index in [0.717, 1.165) is 23.3 Å². The topological polar surface area (TPSA) is 68.7 Å². The summed E-state index contributed by atoms with van der Waals surface area (Å²) in [4.78, 5) is 20.4. The van der Waals surface area contributed by atoms with Gasteiger partial charge in [0, 0.05) is 24.9 Å². The van der Waals surface area contributed by atoms with Crippen molar-refractivity contribution in [2.45, 2.75) is 19.1 Å². The van der Waals surface area contributed by atoms with E-state index in [1.54, 1.807) is 47.3 Å². The minimum absolute atomic E-state index is 0.0272. The molecule has 0 saturated carbocycles. The molecule has 4 rings (SSSR count). The number of aliphatic imine (C=N–C) groups is 1. The number of halogens is 4. The van der Waals surface area contributed by atoms with Crippen LogP contribution < -0.4 is 15.2 Å². The number of aromatic nitrogens is 2. The van der Waals surface area contributed by atoms with E-state index in [0.29, 0.717) is 25.4 Å². The van der Waals surface area contributed by atoms with E-state index >= 15 is 0 Å². The van der Waals surface area contributed by atoms with Crippen LogP contribution in [0.5, 0.6) is 17.4 Å². The number of benzene rings is 2. The Morgan fingerprint density at radius 2 is 1.86 bits per heavy atom. The highest BCUT2D eigenvalue weighted by Gasteiger charge is 2.33. The number of alkyl halides is 3. The van der Waals surface area contributed by atoms with Crippen molar-refractivity contribution < 1.29 is 27.2 Å². The molecule has 0 bridgehead atoms. The third kappa shape index (κ3) is 6.60. The number of nitrogens with zero attached hydrogens (tertiary/aromatic N) is 4. The van der Waals surface area contributed by atoms with Crippen LogP contribution in [0.1, 0.15) is 11.1 Å². The van der Waals surface area contributed by atoms with E-state index in [9.17, 15) is 18.0 Å². The average Bonchev–Trinajstić information content (AvgIpc) is 2.82. The van der Waals surface area contributed by atoms with E-state index in [-0.39, 0.29) is 18.2 Å². The van der Waals surface area contributed by atoms with Crippen molar-refractivity contribution in [3.05, 3.63) is 93.1 Å². The molecule has 0 unspecified atom stereocenters. The molecule has 3 aromatic rings. The van der Waals surface area contributed by atoms with Crippen LogP contribution in [-0.4, -0.2) is 40.3 Å². The van der Waals surface area contributed by atoms with Gasteiger partial charge in [-0.25, -0.2) is 9.79 Å². The van der Waals surface area contributed by atoms with Gasteiger partial charge in [-0.1, -0.05) is 23.7 Å². The van der Waals surface area contributed by atoms with Crippen LogP contribution in [0.15, 0.2) is 76.3 Å². The Bertz CT molecular complexity index is 1380. The van der Waals surface area contributed by atoms with Crippen LogP contribution >= 0.6 is 11.6 Å². The van der Waals surface area contributed by atoms with Gasteiger partial charge in [-0.3, -0.25) is 4.57 Å². The third-order valence-corrected chi connectivity index (χ3v) is 5.44. The van der Waals surface area contributed by atoms with Crippen molar-refractivity contribution in [3.8, 4) is 17.4 Å². The molecule has 0 N–H and O–H groups in total. The van der Waals surface area contributed by atoms with Gasteiger partial charge < -0.3 is 9.47 Å². The summed E-state index contributed by atoms with van der Waals surface area (Å²) in [5.41, 5.74) is 0.337. The van der Waals surface area contributed by atoms with Gasteiger partial charge in [-0.15, -0.1) is 0 Å². The second kappa shape index (κ2) is 10.8. The first-order chi connectivity index (χ1) is 17.2. The Labute approximate surface area is 209 Å². The maximum Gasteiger partial charge on any atom is 0.417 e. The summed E-state index contributed by atoms with van der Waals surface area (Å²) in [6, 6.07) is 11.8. The summed E-state index contributed by atoms with van der Waals surface area (Å²) in [5.74, 6) is 0.615. The molecule has 2 heterocycles. The molecule has 7 nitrogen and oxygen atoms in total. The number of allylic oxidation sites excluding steroid dienone is 1. The predicted octanol–water partition coefficient (Wildman–Crippen LogP) is 4.97. The fraction of sp³-hybridized carbons (Fsp3) is 0.200. The molecule has 0 spiro atoms. The number of hydrogen-bond acceptors (Lipinski definition) is 5. The molecule has 1 aromatic heterocycles. The van der Waals surface area contributed by atoms with Crippen molar-refractivity contribution >= 4 is 24.5 Å². The van der Waals surface area contributed by atoms with Crippen molar-refractivity contribution in [2.24, 2.45) is 4.99 Å². The van der Waals surface area contributed by atoms with Crippen molar-refractivity contribution in [3.63, 3.8) is 0 Å². The molecule has 1 aliphatic heterocycles. The van der Waals surface area contributed by atoms with Gasteiger partial charge in [0.05, 0.1) is 29.3 Å². The van der Waals surface area contributed by atoms with Crippen LogP contribution in [0.2, 0.25) is 5.02 Å². The van der Waals surface area contributed by atoms with Crippen molar-refractivity contribution in [1.29, 1.82) is 0 Å². The van der Waals surface area contributed by atoms with Gasteiger partial charge in [0.2, 0.25) is 12.5 Å². The molecule has 186 valence electrons.